The largest absolute Gasteiger partial charge is 0.480 e. The van der Waals surface area contributed by atoms with Gasteiger partial charge in [0, 0.05) is 12.6 Å². The first kappa shape index (κ1) is 24.7. The number of likely N-dealkylation sites (tertiary alicyclic amines) is 1. The second-order valence-electron chi connectivity index (χ2n) is 7.38. The van der Waals surface area contributed by atoms with Crippen LogP contribution in [0.1, 0.15) is 71.1 Å². The van der Waals surface area contributed by atoms with Gasteiger partial charge in [0.2, 0.25) is 5.91 Å². The number of carbonyl (C=O) groups excluding carboxylic acids is 1. The van der Waals surface area contributed by atoms with E-state index in [1.165, 1.54) is 55.9 Å². The fourth-order valence-corrected chi connectivity index (χ4v) is 3.30. The lowest BCUT2D eigenvalue weighted by atomic mass is 10.1. The summed E-state index contributed by atoms with van der Waals surface area (Å²) in [5.41, 5.74) is 0. The molecule has 1 aliphatic rings. The molecule has 0 saturated carbocycles. The third-order valence-electron chi connectivity index (χ3n) is 4.95. The van der Waals surface area contributed by atoms with E-state index in [0.717, 1.165) is 12.8 Å². The molecule has 0 radical (unpaired) electrons. The number of nitrogens with zero attached hydrogens (tertiary/aromatic N) is 1. The molecule has 0 aromatic carbocycles. The van der Waals surface area contributed by atoms with Crippen molar-refractivity contribution in [2.24, 2.45) is 0 Å². The number of unbranched alkanes of at least 4 members (excludes halogenated alkanes) is 7. The summed E-state index contributed by atoms with van der Waals surface area (Å²) in [5, 5.41) is 9.10. The van der Waals surface area contributed by atoms with E-state index in [0.29, 0.717) is 13.0 Å². The standard InChI is InChI=1S/C25H37NO3/c1-2-3-4-5-6-7-8-9-10-11-12-13-14-15-16-17-18-21-24(27)26-22-19-20-23(26)25(28)29/h10-18,21,23H,2-9,19-20,22H2,1H3,(H,28,29)/t23-/m0/s1. The van der Waals surface area contributed by atoms with Gasteiger partial charge in [-0.3, -0.25) is 4.79 Å². The van der Waals surface area contributed by atoms with Crippen molar-refractivity contribution in [1.29, 1.82) is 0 Å². The molecule has 1 atom stereocenters. The molecule has 4 heteroatoms. The normalized spacial score (nSPS) is 17.8. The number of aliphatic carboxylic acids is 1. The summed E-state index contributed by atoms with van der Waals surface area (Å²) < 4.78 is 0. The van der Waals surface area contributed by atoms with Crippen molar-refractivity contribution in [2.75, 3.05) is 6.54 Å². The van der Waals surface area contributed by atoms with Crippen LogP contribution in [-0.2, 0) is 9.59 Å². The van der Waals surface area contributed by atoms with Crippen LogP contribution in [0.15, 0.2) is 60.8 Å². The van der Waals surface area contributed by atoms with Crippen LogP contribution in [0.4, 0.5) is 0 Å². The third kappa shape index (κ3) is 11.9. The van der Waals surface area contributed by atoms with Crippen molar-refractivity contribution in [2.45, 2.75) is 77.2 Å². The molecule has 1 N–H and O–H groups in total. The van der Waals surface area contributed by atoms with Crippen molar-refractivity contribution < 1.29 is 14.7 Å². The number of amides is 1. The number of hydrogen-bond acceptors (Lipinski definition) is 2. The molecule has 0 bridgehead atoms. The Morgan fingerprint density at radius 3 is 2.10 bits per heavy atom. The summed E-state index contributed by atoms with van der Waals surface area (Å²) in [6.07, 6.45) is 30.6. The molecule has 0 aliphatic carbocycles. The van der Waals surface area contributed by atoms with Gasteiger partial charge in [0.05, 0.1) is 0 Å². The number of allylic oxidation sites excluding steroid dienone is 9. The molecule has 0 unspecified atom stereocenters. The predicted molar refractivity (Wildman–Crippen MR) is 121 cm³/mol. The predicted octanol–water partition coefficient (Wildman–Crippen LogP) is 5.98. The Hall–Kier alpha value is -2.36. The molecule has 1 saturated heterocycles. The molecule has 160 valence electrons. The van der Waals surface area contributed by atoms with Crippen LogP contribution in [0.2, 0.25) is 0 Å². The molecule has 1 amide bonds. The molecule has 0 spiro atoms. The van der Waals surface area contributed by atoms with Gasteiger partial charge in [0.25, 0.3) is 0 Å². The number of carboxylic acid groups (broad SMARTS) is 1. The highest BCUT2D eigenvalue weighted by Crippen LogP contribution is 2.17. The smallest absolute Gasteiger partial charge is 0.326 e. The number of carboxylic acids is 1. The van der Waals surface area contributed by atoms with Gasteiger partial charge in [0.15, 0.2) is 0 Å². The van der Waals surface area contributed by atoms with E-state index in [4.69, 9.17) is 5.11 Å². The molecule has 0 aromatic rings. The van der Waals surface area contributed by atoms with Crippen LogP contribution in [-0.4, -0.2) is 34.5 Å². The number of rotatable bonds is 14. The maximum atomic E-state index is 12.0. The molecular weight excluding hydrogens is 362 g/mol. The van der Waals surface area contributed by atoms with E-state index in [-0.39, 0.29) is 5.91 Å². The summed E-state index contributed by atoms with van der Waals surface area (Å²) in [6.45, 7) is 2.76. The lowest BCUT2D eigenvalue weighted by Crippen LogP contribution is -2.39. The van der Waals surface area contributed by atoms with Crippen molar-refractivity contribution in [3.05, 3.63) is 60.8 Å². The Morgan fingerprint density at radius 2 is 1.45 bits per heavy atom. The van der Waals surface area contributed by atoms with Crippen LogP contribution < -0.4 is 0 Å². The lowest BCUT2D eigenvalue weighted by molar-refractivity contribution is -0.146. The molecule has 1 rings (SSSR count). The molecule has 29 heavy (non-hydrogen) atoms. The molecule has 1 heterocycles. The maximum Gasteiger partial charge on any atom is 0.326 e. The summed E-state index contributed by atoms with van der Waals surface area (Å²) in [6, 6.07) is -0.681. The lowest BCUT2D eigenvalue weighted by Gasteiger charge is -2.19. The van der Waals surface area contributed by atoms with Gasteiger partial charge < -0.3 is 10.0 Å². The van der Waals surface area contributed by atoms with Crippen molar-refractivity contribution in [3.63, 3.8) is 0 Å². The first-order valence-electron chi connectivity index (χ1n) is 11.0. The summed E-state index contributed by atoms with van der Waals surface area (Å²) >= 11 is 0. The second kappa shape index (κ2) is 16.6. The molecule has 4 nitrogen and oxygen atoms in total. The van der Waals surface area contributed by atoms with Gasteiger partial charge in [-0.1, -0.05) is 100 Å². The van der Waals surface area contributed by atoms with E-state index < -0.39 is 12.0 Å². The van der Waals surface area contributed by atoms with E-state index in [1.807, 2.05) is 30.4 Å². The summed E-state index contributed by atoms with van der Waals surface area (Å²) in [5.74, 6) is -1.17. The Morgan fingerprint density at radius 1 is 0.862 bits per heavy atom. The Kier molecular flexibility index (Phi) is 14.1. The Labute approximate surface area is 176 Å². The summed E-state index contributed by atoms with van der Waals surface area (Å²) in [7, 11) is 0. The monoisotopic (exact) mass is 399 g/mol. The Balaban J connectivity index is 2.12. The van der Waals surface area contributed by atoms with Crippen LogP contribution in [0.3, 0.4) is 0 Å². The number of carbonyl (C=O) groups is 2. The van der Waals surface area contributed by atoms with Crippen LogP contribution in [0.5, 0.6) is 0 Å². The highest BCUT2D eigenvalue weighted by molar-refractivity contribution is 5.91. The van der Waals surface area contributed by atoms with Crippen molar-refractivity contribution in [3.8, 4) is 0 Å². The maximum absolute atomic E-state index is 12.0. The zero-order valence-electron chi connectivity index (χ0n) is 17.8. The minimum Gasteiger partial charge on any atom is -0.480 e. The van der Waals surface area contributed by atoms with Crippen molar-refractivity contribution >= 4 is 11.9 Å². The minimum absolute atomic E-state index is 0.241. The number of hydrogen-bond donors (Lipinski definition) is 1. The minimum atomic E-state index is -0.925. The van der Waals surface area contributed by atoms with Gasteiger partial charge in [-0.25, -0.2) is 4.79 Å². The van der Waals surface area contributed by atoms with E-state index in [9.17, 15) is 9.59 Å². The zero-order valence-corrected chi connectivity index (χ0v) is 17.8. The first-order chi connectivity index (χ1) is 14.2. The van der Waals surface area contributed by atoms with E-state index in [2.05, 4.69) is 19.1 Å². The molecule has 0 aromatic heterocycles. The first-order valence-corrected chi connectivity index (χ1v) is 11.0. The fourth-order valence-electron chi connectivity index (χ4n) is 3.30. The molecule has 1 fully saturated rings. The van der Waals surface area contributed by atoms with Crippen LogP contribution in [0.25, 0.3) is 0 Å². The SMILES string of the molecule is CCCCCCCCCC=CC=CC=CC=CC=CC(=O)N1CCC[C@H]1C(=O)O. The van der Waals surface area contributed by atoms with E-state index >= 15 is 0 Å². The van der Waals surface area contributed by atoms with Crippen LogP contribution >= 0.6 is 0 Å². The zero-order chi connectivity index (χ0) is 21.2. The molecule has 1 aliphatic heterocycles. The van der Waals surface area contributed by atoms with Crippen LogP contribution in [0, 0.1) is 0 Å². The van der Waals surface area contributed by atoms with Crippen molar-refractivity contribution in [1.82, 2.24) is 4.90 Å². The second-order valence-corrected chi connectivity index (χ2v) is 7.38. The van der Waals surface area contributed by atoms with Gasteiger partial charge >= 0.3 is 5.97 Å². The average molecular weight is 400 g/mol. The summed E-state index contributed by atoms with van der Waals surface area (Å²) in [4.78, 5) is 24.5. The van der Waals surface area contributed by atoms with E-state index in [1.54, 1.807) is 12.2 Å². The molecular formula is C25H37NO3. The average Bonchev–Trinajstić information content (AvgIpc) is 3.20. The Bertz CT molecular complexity index is 614. The van der Waals surface area contributed by atoms with Gasteiger partial charge in [0.1, 0.15) is 6.04 Å². The highest BCUT2D eigenvalue weighted by atomic mass is 16.4. The van der Waals surface area contributed by atoms with Gasteiger partial charge in [-0.2, -0.15) is 0 Å². The topological polar surface area (TPSA) is 57.6 Å². The fraction of sp³-hybridized carbons (Fsp3) is 0.520. The van der Waals surface area contributed by atoms with Gasteiger partial charge in [-0.05, 0) is 25.7 Å². The third-order valence-corrected chi connectivity index (χ3v) is 4.95. The highest BCUT2D eigenvalue weighted by Gasteiger charge is 2.32. The quantitative estimate of drug-likeness (QED) is 0.222. The van der Waals surface area contributed by atoms with Gasteiger partial charge in [-0.15, -0.1) is 0 Å².